The summed E-state index contributed by atoms with van der Waals surface area (Å²) in [7, 11) is 0. The van der Waals surface area contributed by atoms with Crippen molar-refractivity contribution >= 4 is 33.5 Å². The molecule has 0 spiro atoms. The molecule has 88 valence electrons. The topological polar surface area (TPSA) is 49.9 Å². The van der Waals surface area contributed by atoms with E-state index in [1.807, 2.05) is 32.0 Å². The van der Waals surface area contributed by atoms with E-state index in [-0.39, 0.29) is 11.3 Å². The molecule has 3 N–H and O–H groups in total. The first-order valence-electron chi connectivity index (χ1n) is 5.15. The molecule has 0 bridgehead atoms. The van der Waals surface area contributed by atoms with E-state index >= 15 is 0 Å². The van der Waals surface area contributed by atoms with Crippen LogP contribution < -0.4 is 5.73 Å². The fourth-order valence-corrected chi connectivity index (χ4v) is 2.95. The van der Waals surface area contributed by atoms with E-state index < -0.39 is 0 Å². The minimum Gasteiger partial charge on any atom is -0.387 e. The number of thioether (sulfide) groups is 1. The Morgan fingerprint density at radius 2 is 2.06 bits per heavy atom. The summed E-state index contributed by atoms with van der Waals surface area (Å²) in [6, 6.07) is 8.17. The number of nitrogens with one attached hydrogen (secondary N) is 1. The average molecular weight is 301 g/mol. The molecule has 1 rings (SSSR count). The minimum absolute atomic E-state index is 0.200. The number of hydrogen-bond acceptors (Lipinski definition) is 2. The van der Waals surface area contributed by atoms with Gasteiger partial charge in [-0.25, -0.2) is 0 Å². The van der Waals surface area contributed by atoms with Crippen LogP contribution in [0.1, 0.15) is 20.3 Å². The van der Waals surface area contributed by atoms with E-state index in [2.05, 4.69) is 22.0 Å². The van der Waals surface area contributed by atoms with Crippen LogP contribution in [-0.4, -0.2) is 11.6 Å². The molecule has 0 amide bonds. The van der Waals surface area contributed by atoms with E-state index in [0.29, 0.717) is 0 Å². The molecule has 0 atom stereocenters. The lowest BCUT2D eigenvalue weighted by Gasteiger charge is -2.22. The molecule has 0 saturated carbocycles. The van der Waals surface area contributed by atoms with Crippen LogP contribution in [0.25, 0.3) is 0 Å². The number of rotatable bonds is 5. The van der Waals surface area contributed by atoms with Crippen LogP contribution in [0, 0.1) is 10.8 Å². The second-order valence-electron chi connectivity index (χ2n) is 4.33. The Hall–Kier alpha value is -0.480. The van der Waals surface area contributed by atoms with Crippen molar-refractivity contribution in [3.05, 3.63) is 28.7 Å². The Morgan fingerprint density at radius 3 is 2.62 bits per heavy atom. The zero-order valence-electron chi connectivity index (χ0n) is 9.59. The lowest BCUT2D eigenvalue weighted by Crippen LogP contribution is -2.31. The fraction of sp³-hybridized carbons (Fsp3) is 0.417. The molecule has 2 nitrogen and oxygen atoms in total. The standard InChI is InChI=1S/C12H17BrN2S/c1-12(2,11(14)15)7-8-16-10-6-4-3-5-9(10)13/h3-6H,7-8H2,1-2H3,(H3,14,15). The number of hydrogen-bond donors (Lipinski definition) is 2. The number of nitrogens with two attached hydrogens (primary N) is 1. The molecular weight excluding hydrogens is 284 g/mol. The zero-order valence-corrected chi connectivity index (χ0v) is 12.0. The highest BCUT2D eigenvalue weighted by Gasteiger charge is 2.21. The number of halogens is 1. The van der Waals surface area contributed by atoms with Crippen LogP contribution in [0.5, 0.6) is 0 Å². The predicted molar refractivity (Wildman–Crippen MR) is 75.2 cm³/mol. The summed E-state index contributed by atoms with van der Waals surface area (Å²) in [6.07, 6.45) is 0.911. The molecule has 16 heavy (non-hydrogen) atoms. The maximum absolute atomic E-state index is 7.48. The summed E-state index contributed by atoms with van der Waals surface area (Å²) in [5, 5.41) is 7.48. The highest BCUT2D eigenvalue weighted by Crippen LogP contribution is 2.30. The van der Waals surface area contributed by atoms with Gasteiger partial charge in [0.05, 0.1) is 5.84 Å². The number of benzene rings is 1. The molecule has 0 aliphatic carbocycles. The largest absolute Gasteiger partial charge is 0.387 e. The van der Waals surface area contributed by atoms with Crippen LogP contribution in [0.15, 0.2) is 33.6 Å². The van der Waals surface area contributed by atoms with Gasteiger partial charge in [-0.3, -0.25) is 5.41 Å². The quantitative estimate of drug-likeness (QED) is 0.492. The summed E-state index contributed by atoms with van der Waals surface area (Å²) in [6.45, 7) is 4.02. The lowest BCUT2D eigenvalue weighted by atomic mass is 9.89. The molecular formula is C12H17BrN2S. The maximum Gasteiger partial charge on any atom is 0.0963 e. The van der Waals surface area contributed by atoms with Gasteiger partial charge in [0, 0.05) is 14.8 Å². The molecule has 0 aliphatic rings. The molecule has 0 saturated heterocycles. The molecule has 4 heteroatoms. The number of amidine groups is 1. The summed E-state index contributed by atoms with van der Waals surface area (Å²) < 4.78 is 1.13. The molecule has 0 aliphatic heterocycles. The van der Waals surface area contributed by atoms with Crippen molar-refractivity contribution in [2.45, 2.75) is 25.2 Å². The Balaban J connectivity index is 2.48. The Labute approximate surface area is 110 Å². The Morgan fingerprint density at radius 1 is 1.44 bits per heavy atom. The van der Waals surface area contributed by atoms with Gasteiger partial charge in [0.15, 0.2) is 0 Å². The van der Waals surface area contributed by atoms with E-state index in [1.54, 1.807) is 11.8 Å². The first-order chi connectivity index (χ1) is 7.43. The molecule has 0 fully saturated rings. The van der Waals surface area contributed by atoms with Gasteiger partial charge in [-0.2, -0.15) is 0 Å². The van der Waals surface area contributed by atoms with E-state index in [4.69, 9.17) is 11.1 Å². The molecule has 0 radical (unpaired) electrons. The molecule has 0 unspecified atom stereocenters. The van der Waals surface area contributed by atoms with Gasteiger partial charge in [0.1, 0.15) is 0 Å². The third-order valence-corrected chi connectivity index (χ3v) is 4.58. The van der Waals surface area contributed by atoms with Gasteiger partial charge < -0.3 is 5.73 Å². The molecule has 0 heterocycles. The predicted octanol–water partition coefficient (Wildman–Crippen LogP) is 3.89. The Kier molecular flexibility index (Phi) is 4.87. The van der Waals surface area contributed by atoms with Crippen LogP contribution in [0.3, 0.4) is 0 Å². The SMILES string of the molecule is CC(C)(CCSc1ccccc1Br)C(=N)N. The van der Waals surface area contributed by atoms with Gasteiger partial charge in [-0.05, 0) is 40.2 Å². The Bertz CT molecular complexity index is 377. The van der Waals surface area contributed by atoms with Gasteiger partial charge >= 0.3 is 0 Å². The second kappa shape index (κ2) is 5.73. The van der Waals surface area contributed by atoms with Crippen molar-refractivity contribution in [2.24, 2.45) is 11.1 Å². The van der Waals surface area contributed by atoms with Crippen molar-refractivity contribution < 1.29 is 0 Å². The van der Waals surface area contributed by atoms with Gasteiger partial charge in [-0.1, -0.05) is 26.0 Å². The third kappa shape index (κ3) is 3.83. The highest BCUT2D eigenvalue weighted by molar-refractivity contribution is 9.10. The van der Waals surface area contributed by atoms with Crippen molar-refractivity contribution in [2.75, 3.05) is 5.75 Å². The first-order valence-corrected chi connectivity index (χ1v) is 6.93. The van der Waals surface area contributed by atoms with Crippen molar-refractivity contribution in [1.82, 2.24) is 0 Å². The molecule has 0 aromatic heterocycles. The van der Waals surface area contributed by atoms with Gasteiger partial charge in [0.25, 0.3) is 0 Å². The summed E-state index contributed by atoms with van der Waals surface area (Å²) in [4.78, 5) is 1.24. The lowest BCUT2D eigenvalue weighted by molar-refractivity contribution is 0.500. The minimum atomic E-state index is -0.200. The van der Waals surface area contributed by atoms with E-state index in [0.717, 1.165) is 16.6 Å². The van der Waals surface area contributed by atoms with Crippen molar-refractivity contribution in [1.29, 1.82) is 5.41 Å². The fourth-order valence-electron chi connectivity index (χ4n) is 1.11. The van der Waals surface area contributed by atoms with Crippen LogP contribution in [0.2, 0.25) is 0 Å². The summed E-state index contributed by atoms with van der Waals surface area (Å²) >= 11 is 5.31. The second-order valence-corrected chi connectivity index (χ2v) is 6.32. The molecule has 1 aromatic carbocycles. The maximum atomic E-state index is 7.48. The molecule has 1 aromatic rings. The summed E-state index contributed by atoms with van der Waals surface area (Å²) in [5.41, 5.74) is 5.34. The highest BCUT2D eigenvalue weighted by atomic mass is 79.9. The van der Waals surface area contributed by atoms with E-state index in [9.17, 15) is 0 Å². The van der Waals surface area contributed by atoms with Crippen LogP contribution in [-0.2, 0) is 0 Å². The normalized spacial score (nSPS) is 11.4. The van der Waals surface area contributed by atoms with Gasteiger partial charge in [0.2, 0.25) is 0 Å². The van der Waals surface area contributed by atoms with E-state index in [1.165, 1.54) is 4.90 Å². The van der Waals surface area contributed by atoms with Gasteiger partial charge in [-0.15, -0.1) is 11.8 Å². The smallest absolute Gasteiger partial charge is 0.0963 e. The van der Waals surface area contributed by atoms with Crippen LogP contribution >= 0.6 is 27.7 Å². The third-order valence-electron chi connectivity index (χ3n) is 2.55. The van der Waals surface area contributed by atoms with Crippen molar-refractivity contribution in [3.63, 3.8) is 0 Å². The monoisotopic (exact) mass is 300 g/mol. The van der Waals surface area contributed by atoms with Crippen LogP contribution in [0.4, 0.5) is 0 Å². The first kappa shape index (κ1) is 13.6. The zero-order chi connectivity index (χ0) is 12.2. The van der Waals surface area contributed by atoms with Crippen molar-refractivity contribution in [3.8, 4) is 0 Å². The average Bonchev–Trinajstić information content (AvgIpc) is 2.20. The summed E-state index contributed by atoms with van der Waals surface area (Å²) in [5.74, 6) is 1.23.